The molecule has 1 rings (SSSR count). The van der Waals surface area contributed by atoms with Gasteiger partial charge in [0, 0.05) is 6.42 Å². The number of ether oxygens (including phenoxy) is 1. The smallest absolute Gasteiger partial charge is 0.305 e. The van der Waals surface area contributed by atoms with Crippen LogP contribution in [0, 0.1) is 0 Å². The molecule has 0 saturated heterocycles. The van der Waals surface area contributed by atoms with E-state index in [0.717, 1.165) is 19.3 Å². The lowest BCUT2D eigenvalue weighted by molar-refractivity contribution is -0.140. The van der Waals surface area contributed by atoms with Gasteiger partial charge >= 0.3 is 5.97 Å². The number of esters is 1. The van der Waals surface area contributed by atoms with E-state index in [4.69, 9.17) is 0 Å². The summed E-state index contributed by atoms with van der Waals surface area (Å²) in [5, 5.41) is 0. The normalized spacial score (nSPS) is 11.3. The second kappa shape index (κ2) is 6.58. The number of carbonyl (C=O) groups excluding carboxylic acids is 1. The zero-order valence-electron chi connectivity index (χ0n) is 12.0. The molecule has 0 aliphatic heterocycles. The van der Waals surface area contributed by atoms with Crippen LogP contribution in [0.25, 0.3) is 0 Å². The fourth-order valence-corrected chi connectivity index (χ4v) is 1.89. The Hall–Kier alpha value is -1.31. The van der Waals surface area contributed by atoms with Crippen LogP contribution in [0.5, 0.6) is 0 Å². The van der Waals surface area contributed by atoms with Crippen LogP contribution in [-0.2, 0) is 21.4 Å². The summed E-state index contributed by atoms with van der Waals surface area (Å²) in [5.41, 5.74) is 2.92. The first-order valence-corrected chi connectivity index (χ1v) is 6.59. The van der Waals surface area contributed by atoms with Crippen molar-refractivity contribution in [2.24, 2.45) is 0 Å². The van der Waals surface area contributed by atoms with Gasteiger partial charge in [-0.25, -0.2) is 0 Å². The van der Waals surface area contributed by atoms with Crippen molar-refractivity contribution in [3.63, 3.8) is 0 Å². The summed E-state index contributed by atoms with van der Waals surface area (Å²) in [6.07, 6.45) is 3.48. The van der Waals surface area contributed by atoms with Crippen molar-refractivity contribution in [1.82, 2.24) is 0 Å². The number of carbonyl (C=O) groups is 1. The minimum absolute atomic E-state index is 0.113. The van der Waals surface area contributed by atoms with Gasteiger partial charge in [-0.15, -0.1) is 0 Å². The number of methoxy groups -OCH3 is 1. The molecule has 2 heteroatoms. The summed E-state index contributed by atoms with van der Waals surface area (Å²) >= 11 is 0. The van der Waals surface area contributed by atoms with Crippen LogP contribution in [-0.4, -0.2) is 13.1 Å². The molecule has 0 aliphatic carbocycles. The fourth-order valence-electron chi connectivity index (χ4n) is 1.89. The number of benzene rings is 1. The molecule has 0 atom stereocenters. The van der Waals surface area contributed by atoms with Gasteiger partial charge in [-0.05, 0) is 35.8 Å². The third kappa shape index (κ3) is 4.91. The molecular formula is C16H24O2. The molecule has 0 aliphatic rings. The molecule has 0 N–H and O–H groups in total. The van der Waals surface area contributed by atoms with Crippen LogP contribution in [0.2, 0.25) is 0 Å². The Balaban J connectivity index is 2.46. The highest BCUT2D eigenvalue weighted by molar-refractivity contribution is 5.68. The Morgan fingerprint density at radius 2 is 1.94 bits per heavy atom. The molecule has 18 heavy (non-hydrogen) atoms. The lowest BCUT2D eigenvalue weighted by atomic mass is 9.86. The Morgan fingerprint density at radius 3 is 2.56 bits per heavy atom. The second-order valence-corrected chi connectivity index (χ2v) is 5.73. The molecule has 2 nitrogen and oxygen atoms in total. The molecule has 0 radical (unpaired) electrons. The first-order valence-electron chi connectivity index (χ1n) is 6.59. The van der Waals surface area contributed by atoms with Crippen LogP contribution >= 0.6 is 0 Å². The van der Waals surface area contributed by atoms with E-state index >= 15 is 0 Å². The van der Waals surface area contributed by atoms with Gasteiger partial charge in [0.25, 0.3) is 0 Å². The van der Waals surface area contributed by atoms with Crippen molar-refractivity contribution in [3.05, 3.63) is 35.4 Å². The molecule has 0 heterocycles. The average molecular weight is 248 g/mol. The highest BCUT2D eigenvalue weighted by atomic mass is 16.5. The SMILES string of the molecule is COC(=O)CCCCc1cccc(C(C)(C)C)c1. The summed E-state index contributed by atoms with van der Waals surface area (Å²) in [7, 11) is 1.44. The Labute approximate surface area is 110 Å². The molecule has 100 valence electrons. The van der Waals surface area contributed by atoms with Gasteiger partial charge < -0.3 is 4.74 Å². The largest absolute Gasteiger partial charge is 0.469 e. The number of aryl methyl sites for hydroxylation is 1. The number of rotatable bonds is 5. The van der Waals surface area contributed by atoms with Crippen LogP contribution in [0.1, 0.15) is 51.2 Å². The monoisotopic (exact) mass is 248 g/mol. The zero-order valence-corrected chi connectivity index (χ0v) is 12.0. The van der Waals surface area contributed by atoms with E-state index < -0.39 is 0 Å². The molecule has 0 bridgehead atoms. The topological polar surface area (TPSA) is 26.3 Å². The van der Waals surface area contributed by atoms with Crippen LogP contribution in [0.4, 0.5) is 0 Å². The zero-order chi connectivity index (χ0) is 13.6. The maximum absolute atomic E-state index is 11.0. The quantitative estimate of drug-likeness (QED) is 0.584. The average Bonchev–Trinajstić information content (AvgIpc) is 2.33. The van der Waals surface area contributed by atoms with E-state index in [0.29, 0.717) is 6.42 Å². The maximum atomic E-state index is 11.0. The van der Waals surface area contributed by atoms with Gasteiger partial charge in [0.05, 0.1) is 7.11 Å². The molecule has 1 aromatic rings. The first-order chi connectivity index (χ1) is 8.43. The van der Waals surface area contributed by atoms with Crippen molar-refractivity contribution in [3.8, 4) is 0 Å². The van der Waals surface area contributed by atoms with Crippen molar-refractivity contribution >= 4 is 5.97 Å². The Kier molecular flexibility index (Phi) is 5.39. The van der Waals surface area contributed by atoms with Crippen LogP contribution in [0.3, 0.4) is 0 Å². The number of hydrogen-bond acceptors (Lipinski definition) is 2. The van der Waals surface area contributed by atoms with E-state index in [2.05, 4.69) is 49.8 Å². The van der Waals surface area contributed by atoms with Crippen LogP contribution in [0.15, 0.2) is 24.3 Å². The second-order valence-electron chi connectivity index (χ2n) is 5.73. The molecule has 0 aromatic heterocycles. The van der Waals surface area contributed by atoms with E-state index in [-0.39, 0.29) is 11.4 Å². The van der Waals surface area contributed by atoms with Crippen LogP contribution < -0.4 is 0 Å². The Bertz CT molecular complexity index is 388. The van der Waals surface area contributed by atoms with E-state index in [1.807, 2.05) is 0 Å². The Morgan fingerprint density at radius 1 is 1.22 bits per heavy atom. The molecule has 0 fully saturated rings. The minimum atomic E-state index is -0.113. The summed E-state index contributed by atoms with van der Waals surface area (Å²) < 4.78 is 4.63. The van der Waals surface area contributed by atoms with Crippen molar-refractivity contribution in [2.75, 3.05) is 7.11 Å². The van der Waals surface area contributed by atoms with Crippen molar-refractivity contribution in [1.29, 1.82) is 0 Å². The molecule has 0 amide bonds. The number of hydrogen-bond donors (Lipinski definition) is 0. The first kappa shape index (κ1) is 14.7. The third-order valence-electron chi connectivity index (χ3n) is 3.12. The predicted octanol–water partition coefficient (Wildman–Crippen LogP) is 3.87. The highest BCUT2D eigenvalue weighted by Gasteiger charge is 2.13. The number of unbranched alkanes of at least 4 members (excludes halogenated alkanes) is 1. The molecule has 1 aromatic carbocycles. The molecule has 0 saturated carbocycles. The summed E-state index contributed by atoms with van der Waals surface area (Å²) in [5.74, 6) is -0.113. The van der Waals surface area contributed by atoms with Gasteiger partial charge in [0.1, 0.15) is 0 Å². The van der Waals surface area contributed by atoms with E-state index in [1.54, 1.807) is 0 Å². The van der Waals surface area contributed by atoms with Crippen molar-refractivity contribution in [2.45, 2.75) is 51.9 Å². The minimum Gasteiger partial charge on any atom is -0.469 e. The standard InChI is InChI=1S/C16H24O2/c1-16(2,3)14-10-7-9-13(12-14)8-5-6-11-15(17)18-4/h7,9-10,12H,5-6,8,11H2,1-4H3. The van der Waals surface area contributed by atoms with Gasteiger partial charge in [0.2, 0.25) is 0 Å². The summed E-state index contributed by atoms with van der Waals surface area (Å²) in [6, 6.07) is 8.74. The predicted molar refractivity (Wildman–Crippen MR) is 74.7 cm³/mol. The maximum Gasteiger partial charge on any atom is 0.305 e. The van der Waals surface area contributed by atoms with Gasteiger partial charge in [0.15, 0.2) is 0 Å². The third-order valence-corrected chi connectivity index (χ3v) is 3.12. The van der Waals surface area contributed by atoms with Gasteiger partial charge in [-0.2, -0.15) is 0 Å². The molecule has 0 spiro atoms. The van der Waals surface area contributed by atoms with Gasteiger partial charge in [-0.1, -0.05) is 45.0 Å². The lowest BCUT2D eigenvalue weighted by Gasteiger charge is -2.19. The van der Waals surface area contributed by atoms with Gasteiger partial charge in [-0.3, -0.25) is 4.79 Å². The lowest BCUT2D eigenvalue weighted by Crippen LogP contribution is -2.11. The molecular weight excluding hydrogens is 224 g/mol. The van der Waals surface area contributed by atoms with Crippen molar-refractivity contribution < 1.29 is 9.53 Å². The van der Waals surface area contributed by atoms with E-state index in [9.17, 15) is 4.79 Å². The van der Waals surface area contributed by atoms with E-state index in [1.165, 1.54) is 18.2 Å². The fraction of sp³-hybridized carbons (Fsp3) is 0.562. The molecule has 0 unspecified atom stereocenters. The highest BCUT2D eigenvalue weighted by Crippen LogP contribution is 2.23. The summed E-state index contributed by atoms with van der Waals surface area (Å²) in [6.45, 7) is 6.68. The summed E-state index contributed by atoms with van der Waals surface area (Å²) in [4.78, 5) is 11.0.